The highest BCUT2D eigenvalue weighted by Crippen LogP contribution is 2.18. The number of likely N-dealkylation sites (tertiary alicyclic amines) is 1. The smallest absolute Gasteiger partial charge is 0.242 e. The zero-order chi connectivity index (χ0) is 13.5. The van der Waals surface area contributed by atoms with Crippen molar-refractivity contribution >= 4 is 24.2 Å². The van der Waals surface area contributed by atoms with Crippen LogP contribution in [0.5, 0.6) is 0 Å². The monoisotopic (exact) mass is 291 g/mol. The molecular formula is C13H26ClN3O2. The fourth-order valence-corrected chi connectivity index (χ4v) is 2.25. The first-order valence-corrected chi connectivity index (χ1v) is 6.89. The van der Waals surface area contributed by atoms with Gasteiger partial charge in [0.25, 0.3) is 0 Å². The Bertz CT molecular complexity index is 298. The van der Waals surface area contributed by atoms with Crippen LogP contribution >= 0.6 is 12.4 Å². The molecule has 19 heavy (non-hydrogen) atoms. The highest BCUT2D eigenvalue weighted by atomic mass is 35.5. The molecule has 0 aromatic carbocycles. The van der Waals surface area contributed by atoms with Crippen LogP contribution < -0.4 is 11.1 Å². The fourth-order valence-electron chi connectivity index (χ4n) is 2.25. The van der Waals surface area contributed by atoms with E-state index in [1.165, 1.54) is 0 Å². The Morgan fingerprint density at radius 3 is 2.68 bits per heavy atom. The molecule has 2 atom stereocenters. The van der Waals surface area contributed by atoms with Crippen molar-refractivity contribution in [3.63, 3.8) is 0 Å². The predicted molar refractivity (Wildman–Crippen MR) is 78.2 cm³/mol. The third-order valence-electron chi connectivity index (χ3n) is 3.33. The molecule has 0 saturated carbocycles. The molecule has 1 fully saturated rings. The first-order valence-electron chi connectivity index (χ1n) is 6.89. The molecule has 1 aliphatic heterocycles. The third kappa shape index (κ3) is 5.78. The van der Waals surface area contributed by atoms with Crippen molar-refractivity contribution in [1.82, 2.24) is 10.2 Å². The van der Waals surface area contributed by atoms with Gasteiger partial charge in [-0.2, -0.15) is 0 Å². The van der Waals surface area contributed by atoms with Crippen LogP contribution in [0.3, 0.4) is 0 Å². The molecule has 0 radical (unpaired) electrons. The molecule has 0 spiro atoms. The highest BCUT2D eigenvalue weighted by Gasteiger charge is 2.30. The van der Waals surface area contributed by atoms with Gasteiger partial charge in [0, 0.05) is 25.6 Å². The Kier molecular flexibility index (Phi) is 8.76. The van der Waals surface area contributed by atoms with E-state index in [4.69, 9.17) is 5.73 Å². The lowest BCUT2D eigenvalue weighted by Crippen LogP contribution is -2.52. The van der Waals surface area contributed by atoms with Crippen molar-refractivity contribution in [2.75, 3.05) is 13.1 Å². The SMILES string of the molecule is CCC(=O)N1CCCCC1C(=O)NCCC(C)N.Cl. The van der Waals surface area contributed by atoms with Crippen LogP contribution in [0.15, 0.2) is 0 Å². The lowest BCUT2D eigenvalue weighted by Gasteiger charge is -2.34. The summed E-state index contributed by atoms with van der Waals surface area (Å²) in [6, 6.07) is -0.190. The van der Waals surface area contributed by atoms with Crippen molar-refractivity contribution in [1.29, 1.82) is 0 Å². The molecule has 0 aromatic rings. The van der Waals surface area contributed by atoms with Gasteiger partial charge in [0.2, 0.25) is 11.8 Å². The van der Waals surface area contributed by atoms with Crippen LogP contribution in [0.25, 0.3) is 0 Å². The van der Waals surface area contributed by atoms with Crippen molar-refractivity contribution in [3.8, 4) is 0 Å². The van der Waals surface area contributed by atoms with E-state index in [0.29, 0.717) is 19.5 Å². The molecule has 112 valence electrons. The molecule has 1 rings (SSSR count). The summed E-state index contributed by atoms with van der Waals surface area (Å²) in [5.41, 5.74) is 5.64. The minimum absolute atomic E-state index is 0. The number of piperidine rings is 1. The summed E-state index contributed by atoms with van der Waals surface area (Å²) in [5.74, 6) is 0.0409. The summed E-state index contributed by atoms with van der Waals surface area (Å²) in [7, 11) is 0. The second-order valence-electron chi connectivity index (χ2n) is 5.01. The number of rotatable bonds is 5. The largest absolute Gasteiger partial charge is 0.354 e. The topological polar surface area (TPSA) is 75.4 Å². The summed E-state index contributed by atoms with van der Waals surface area (Å²) in [5, 5.41) is 2.88. The molecule has 5 nitrogen and oxygen atoms in total. The van der Waals surface area contributed by atoms with Crippen molar-refractivity contribution in [3.05, 3.63) is 0 Å². The Morgan fingerprint density at radius 1 is 1.42 bits per heavy atom. The number of halogens is 1. The molecule has 2 unspecified atom stereocenters. The van der Waals surface area contributed by atoms with Gasteiger partial charge in [-0.3, -0.25) is 9.59 Å². The zero-order valence-electron chi connectivity index (χ0n) is 11.9. The molecule has 3 N–H and O–H groups in total. The molecule has 0 bridgehead atoms. The zero-order valence-corrected chi connectivity index (χ0v) is 12.7. The summed E-state index contributed by atoms with van der Waals surface area (Å²) >= 11 is 0. The van der Waals surface area contributed by atoms with Crippen molar-refractivity contribution in [2.24, 2.45) is 5.73 Å². The number of carbonyl (C=O) groups is 2. The minimum atomic E-state index is -0.278. The summed E-state index contributed by atoms with van der Waals surface area (Å²) in [4.78, 5) is 25.6. The molecule has 1 saturated heterocycles. The van der Waals surface area contributed by atoms with E-state index in [2.05, 4.69) is 5.32 Å². The molecule has 6 heteroatoms. The van der Waals surface area contributed by atoms with Crippen molar-refractivity contribution < 1.29 is 9.59 Å². The Morgan fingerprint density at radius 2 is 2.11 bits per heavy atom. The van der Waals surface area contributed by atoms with Gasteiger partial charge >= 0.3 is 0 Å². The number of carbonyl (C=O) groups excluding carboxylic acids is 2. The Balaban J connectivity index is 0.00000324. The van der Waals surface area contributed by atoms with E-state index >= 15 is 0 Å². The number of amides is 2. The summed E-state index contributed by atoms with van der Waals surface area (Å²) in [6.45, 7) is 5.04. The van der Waals surface area contributed by atoms with Gasteiger partial charge in [-0.1, -0.05) is 6.92 Å². The maximum absolute atomic E-state index is 12.1. The second-order valence-corrected chi connectivity index (χ2v) is 5.01. The molecule has 2 amide bonds. The molecule has 1 heterocycles. The second kappa shape index (κ2) is 9.15. The van der Waals surface area contributed by atoms with Gasteiger partial charge in [0.1, 0.15) is 6.04 Å². The number of nitrogens with two attached hydrogens (primary N) is 1. The molecular weight excluding hydrogens is 266 g/mol. The van der Waals surface area contributed by atoms with Gasteiger partial charge in [0.05, 0.1) is 0 Å². The first kappa shape index (κ1) is 18.2. The average molecular weight is 292 g/mol. The van der Waals surface area contributed by atoms with Gasteiger partial charge in [-0.15, -0.1) is 12.4 Å². The minimum Gasteiger partial charge on any atom is -0.354 e. The van der Waals surface area contributed by atoms with E-state index in [0.717, 1.165) is 25.7 Å². The van der Waals surface area contributed by atoms with Crippen LogP contribution in [0.2, 0.25) is 0 Å². The van der Waals surface area contributed by atoms with E-state index in [1.54, 1.807) is 4.90 Å². The van der Waals surface area contributed by atoms with Gasteiger partial charge < -0.3 is 16.0 Å². The standard InChI is InChI=1S/C13H25N3O2.ClH/c1-3-12(17)16-9-5-4-6-11(16)13(18)15-8-7-10(2)14;/h10-11H,3-9,14H2,1-2H3,(H,15,18);1H. The van der Waals surface area contributed by atoms with Crippen molar-refractivity contribution in [2.45, 2.75) is 58.0 Å². The van der Waals surface area contributed by atoms with Gasteiger partial charge in [-0.25, -0.2) is 0 Å². The van der Waals surface area contributed by atoms with Gasteiger partial charge in [0.15, 0.2) is 0 Å². The Hall–Kier alpha value is -0.810. The number of nitrogens with one attached hydrogen (secondary N) is 1. The quantitative estimate of drug-likeness (QED) is 0.795. The van der Waals surface area contributed by atoms with Gasteiger partial charge in [-0.05, 0) is 32.6 Å². The van der Waals surface area contributed by atoms with E-state index < -0.39 is 0 Å². The van der Waals surface area contributed by atoms with Crippen LogP contribution in [-0.4, -0.2) is 41.9 Å². The van der Waals surface area contributed by atoms with Crippen LogP contribution in [-0.2, 0) is 9.59 Å². The maximum atomic E-state index is 12.1. The number of nitrogens with zero attached hydrogens (tertiary/aromatic N) is 1. The van der Waals surface area contributed by atoms with Crippen LogP contribution in [0.4, 0.5) is 0 Å². The van der Waals surface area contributed by atoms with E-state index in [9.17, 15) is 9.59 Å². The lowest BCUT2D eigenvalue weighted by atomic mass is 10.0. The highest BCUT2D eigenvalue weighted by molar-refractivity contribution is 5.87. The third-order valence-corrected chi connectivity index (χ3v) is 3.33. The maximum Gasteiger partial charge on any atom is 0.242 e. The number of hydrogen-bond donors (Lipinski definition) is 2. The molecule has 0 aliphatic carbocycles. The predicted octanol–water partition coefficient (Wildman–Crippen LogP) is 1.05. The Labute approximate surface area is 121 Å². The first-order chi connectivity index (χ1) is 8.56. The fraction of sp³-hybridized carbons (Fsp3) is 0.846. The number of hydrogen-bond acceptors (Lipinski definition) is 3. The normalized spacial score (nSPS) is 20.4. The summed E-state index contributed by atoms with van der Waals surface area (Å²) < 4.78 is 0. The van der Waals surface area contributed by atoms with E-state index in [1.807, 2.05) is 13.8 Å². The van der Waals surface area contributed by atoms with Crippen LogP contribution in [0, 0.1) is 0 Å². The lowest BCUT2D eigenvalue weighted by molar-refractivity contribution is -0.142. The summed E-state index contributed by atoms with van der Waals surface area (Å²) in [6.07, 6.45) is 4.01. The molecule has 1 aliphatic rings. The van der Waals surface area contributed by atoms with Crippen LogP contribution in [0.1, 0.15) is 46.0 Å². The molecule has 0 aromatic heterocycles. The van der Waals surface area contributed by atoms with E-state index in [-0.39, 0.29) is 36.3 Å². The average Bonchev–Trinajstić information content (AvgIpc) is 2.37.